The standard InChI is InChI=1S/C26H31FN4O5/c1-16(2)31-22(10-9-20(32)12-21(33)13-23(34)35)24(18-5-7-19(27)8-6-18)30-25(31)26(36)29-15-17-4-3-11-28-14-17/h3-8,11,14,16,20-21,32-33H,9-10,12-13,15H2,1-2H3,(H,29,36)(H,34,35)/t20-,21-/m1/s1. The Morgan fingerprint density at radius 2 is 1.83 bits per heavy atom. The number of aliphatic hydroxyl groups is 2. The number of nitrogens with zero attached hydrogens (tertiary/aromatic N) is 3. The molecule has 1 aromatic carbocycles. The normalized spacial score (nSPS) is 12.9. The third-order valence-corrected chi connectivity index (χ3v) is 5.69. The van der Waals surface area contributed by atoms with Crippen molar-refractivity contribution < 1.29 is 29.3 Å². The molecule has 10 heteroatoms. The summed E-state index contributed by atoms with van der Waals surface area (Å²) >= 11 is 0. The Bertz CT molecular complexity index is 1170. The summed E-state index contributed by atoms with van der Waals surface area (Å²) in [6.07, 6.45) is 1.14. The molecule has 0 aliphatic carbocycles. The van der Waals surface area contributed by atoms with Crippen molar-refractivity contribution in [2.45, 2.75) is 64.3 Å². The van der Waals surface area contributed by atoms with Crippen molar-refractivity contribution in [1.29, 1.82) is 0 Å². The number of rotatable bonds is 12. The summed E-state index contributed by atoms with van der Waals surface area (Å²) in [5.41, 5.74) is 2.62. The van der Waals surface area contributed by atoms with E-state index in [0.717, 1.165) is 5.56 Å². The highest BCUT2D eigenvalue weighted by Crippen LogP contribution is 2.29. The maximum atomic E-state index is 13.6. The molecule has 0 aliphatic heterocycles. The summed E-state index contributed by atoms with van der Waals surface area (Å²) in [4.78, 5) is 32.6. The van der Waals surface area contributed by atoms with Crippen LogP contribution in [0.1, 0.15) is 61.0 Å². The number of aliphatic hydroxyl groups excluding tert-OH is 2. The second kappa shape index (κ2) is 12.4. The Morgan fingerprint density at radius 1 is 1.11 bits per heavy atom. The second-order valence-electron chi connectivity index (χ2n) is 8.93. The predicted molar refractivity (Wildman–Crippen MR) is 131 cm³/mol. The molecule has 0 unspecified atom stereocenters. The van der Waals surface area contributed by atoms with Crippen LogP contribution in [0.15, 0.2) is 48.8 Å². The van der Waals surface area contributed by atoms with E-state index in [4.69, 9.17) is 5.11 Å². The first-order valence-corrected chi connectivity index (χ1v) is 11.8. The molecule has 1 amide bonds. The topological polar surface area (TPSA) is 138 Å². The minimum atomic E-state index is -1.17. The molecule has 2 atom stereocenters. The van der Waals surface area contributed by atoms with Gasteiger partial charge in [-0.25, -0.2) is 9.37 Å². The van der Waals surface area contributed by atoms with Gasteiger partial charge in [-0.3, -0.25) is 14.6 Å². The van der Waals surface area contributed by atoms with Crippen LogP contribution < -0.4 is 5.32 Å². The van der Waals surface area contributed by atoms with Crippen molar-refractivity contribution in [1.82, 2.24) is 19.9 Å². The van der Waals surface area contributed by atoms with Gasteiger partial charge in [-0.1, -0.05) is 6.07 Å². The number of carboxylic acid groups (broad SMARTS) is 1. The molecular formula is C26H31FN4O5. The number of carbonyl (C=O) groups excluding carboxylic acids is 1. The van der Waals surface area contributed by atoms with E-state index in [1.54, 1.807) is 35.2 Å². The number of aliphatic carboxylic acids is 1. The quantitative estimate of drug-likeness (QED) is 0.301. The van der Waals surface area contributed by atoms with Crippen molar-refractivity contribution in [3.8, 4) is 11.3 Å². The van der Waals surface area contributed by atoms with Gasteiger partial charge in [0.25, 0.3) is 5.91 Å². The third kappa shape index (κ3) is 7.19. The molecule has 0 bridgehead atoms. The average Bonchev–Trinajstić information content (AvgIpc) is 3.21. The molecule has 0 spiro atoms. The minimum absolute atomic E-state index is 0.0908. The first-order valence-electron chi connectivity index (χ1n) is 11.8. The lowest BCUT2D eigenvalue weighted by atomic mass is 10.0. The van der Waals surface area contributed by atoms with E-state index in [1.165, 1.54) is 12.1 Å². The Labute approximate surface area is 208 Å². The number of nitrogens with one attached hydrogen (secondary N) is 1. The van der Waals surface area contributed by atoms with Crippen LogP contribution >= 0.6 is 0 Å². The number of pyridine rings is 1. The van der Waals surface area contributed by atoms with E-state index >= 15 is 0 Å². The maximum Gasteiger partial charge on any atom is 0.305 e. The second-order valence-corrected chi connectivity index (χ2v) is 8.93. The molecular weight excluding hydrogens is 467 g/mol. The number of hydrogen-bond donors (Lipinski definition) is 4. The van der Waals surface area contributed by atoms with Gasteiger partial charge in [-0.2, -0.15) is 0 Å². The first kappa shape index (κ1) is 27.0. The monoisotopic (exact) mass is 498 g/mol. The third-order valence-electron chi connectivity index (χ3n) is 5.69. The summed E-state index contributed by atoms with van der Waals surface area (Å²) in [6, 6.07) is 9.25. The van der Waals surface area contributed by atoms with Gasteiger partial charge >= 0.3 is 5.97 Å². The van der Waals surface area contributed by atoms with Crippen molar-refractivity contribution in [2.24, 2.45) is 0 Å². The van der Waals surface area contributed by atoms with E-state index in [2.05, 4.69) is 15.3 Å². The fraction of sp³-hybridized carbons (Fsp3) is 0.385. The van der Waals surface area contributed by atoms with Gasteiger partial charge in [0, 0.05) is 36.2 Å². The number of carbonyl (C=O) groups is 2. The van der Waals surface area contributed by atoms with Crippen LogP contribution in [0.2, 0.25) is 0 Å². The fourth-order valence-electron chi connectivity index (χ4n) is 4.04. The molecule has 9 nitrogen and oxygen atoms in total. The van der Waals surface area contributed by atoms with Crippen LogP contribution in [-0.4, -0.2) is 53.9 Å². The lowest BCUT2D eigenvalue weighted by Gasteiger charge is -2.18. The SMILES string of the molecule is CC(C)n1c(C(=O)NCc2cccnc2)nc(-c2ccc(F)cc2)c1CC[C@@H](O)C[C@@H](O)CC(=O)O. The summed E-state index contributed by atoms with van der Waals surface area (Å²) in [7, 11) is 0. The number of amides is 1. The molecule has 2 heterocycles. The number of imidazole rings is 1. The summed E-state index contributed by atoms with van der Waals surface area (Å²) < 4.78 is 15.4. The van der Waals surface area contributed by atoms with Gasteiger partial charge in [0.05, 0.1) is 24.3 Å². The smallest absolute Gasteiger partial charge is 0.305 e. The first-order chi connectivity index (χ1) is 17.2. The predicted octanol–water partition coefficient (Wildman–Crippen LogP) is 3.11. The van der Waals surface area contributed by atoms with Gasteiger partial charge in [0.2, 0.25) is 0 Å². The van der Waals surface area contributed by atoms with Crippen molar-refractivity contribution in [3.05, 3.63) is 71.7 Å². The molecule has 4 N–H and O–H groups in total. The number of halogens is 1. The zero-order valence-corrected chi connectivity index (χ0v) is 20.3. The molecule has 0 aliphatic rings. The highest BCUT2D eigenvalue weighted by molar-refractivity contribution is 5.92. The number of benzene rings is 1. The Kier molecular flexibility index (Phi) is 9.26. The van der Waals surface area contributed by atoms with Crippen molar-refractivity contribution >= 4 is 11.9 Å². The van der Waals surface area contributed by atoms with Crippen LogP contribution in [0.25, 0.3) is 11.3 Å². The summed E-state index contributed by atoms with van der Waals surface area (Å²) in [5.74, 6) is -1.75. The summed E-state index contributed by atoms with van der Waals surface area (Å²) in [5, 5.41) is 32.0. The molecule has 192 valence electrons. The molecule has 36 heavy (non-hydrogen) atoms. The molecule has 0 saturated carbocycles. The highest BCUT2D eigenvalue weighted by Gasteiger charge is 2.25. The van der Waals surface area contributed by atoms with Crippen LogP contribution in [0.4, 0.5) is 4.39 Å². The van der Waals surface area contributed by atoms with Crippen molar-refractivity contribution in [2.75, 3.05) is 0 Å². The molecule has 3 rings (SSSR count). The van der Waals surface area contributed by atoms with Crippen LogP contribution in [0, 0.1) is 5.82 Å². The fourth-order valence-corrected chi connectivity index (χ4v) is 4.04. The van der Waals surface area contributed by atoms with E-state index in [-0.39, 0.29) is 37.2 Å². The number of aromatic nitrogens is 3. The largest absolute Gasteiger partial charge is 0.481 e. The molecule has 0 radical (unpaired) electrons. The molecule has 0 saturated heterocycles. The van der Waals surface area contributed by atoms with E-state index in [0.29, 0.717) is 23.4 Å². The van der Waals surface area contributed by atoms with Gasteiger partial charge < -0.3 is 25.2 Å². The lowest BCUT2D eigenvalue weighted by Crippen LogP contribution is -2.27. The average molecular weight is 499 g/mol. The van der Waals surface area contributed by atoms with E-state index < -0.39 is 30.4 Å². The number of hydrogen-bond acceptors (Lipinski definition) is 6. The number of carboxylic acids is 1. The van der Waals surface area contributed by atoms with Crippen molar-refractivity contribution in [3.63, 3.8) is 0 Å². The lowest BCUT2D eigenvalue weighted by molar-refractivity contribution is -0.139. The molecule has 3 aromatic rings. The minimum Gasteiger partial charge on any atom is -0.481 e. The van der Waals surface area contributed by atoms with E-state index in [9.17, 15) is 24.2 Å². The molecule has 2 aromatic heterocycles. The van der Waals surface area contributed by atoms with Crippen LogP contribution in [0.3, 0.4) is 0 Å². The summed E-state index contributed by atoms with van der Waals surface area (Å²) in [6.45, 7) is 4.08. The maximum absolute atomic E-state index is 13.6. The van der Waals surface area contributed by atoms with Gasteiger partial charge in [-0.15, -0.1) is 0 Å². The Morgan fingerprint density at radius 3 is 2.44 bits per heavy atom. The van der Waals surface area contributed by atoms with Gasteiger partial charge in [0.15, 0.2) is 5.82 Å². The highest BCUT2D eigenvalue weighted by atomic mass is 19.1. The zero-order valence-electron chi connectivity index (χ0n) is 20.3. The Balaban J connectivity index is 1.90. The van der Waals surface area contributed by atoms with Crippen LogP contribution in [-0.2, 0) is 17.8 Å². The Hall–Kier alpha value is -3.63. The van der Waals surface area contributed by atoms with Crippen LogP contribution in [0.5, 0.6) is 0 Å². The van der Waals surface area contributed by atoms with E-state index in [1.807, 2.05) is 19.9 Å². The zero-order chi connectivity index (χ0) is 26.2. The molecule has 0 fully saturated rings. The van der Waals surface area contributed by atoms with Gasteiger partial charge in [0.1, 0.15) is 5.82 Å². The van der Waals surface area contributed by atoms with Gasteiger partial charge in [-0.05, 0) is 69.0 Å².